The Balaban J connectivity index is 2.87. The van der Waals surface area contributed by atoms with Crippen LogP contribution in [-0.2, 0) is 16.0 Å². The van der Waals surface area contributed by atoms with Crippen LogP contribution in [0.5, 0.6) is 5.75 Å². The van der Waals surface area contributed by atoms with Crippen molar-refractivity contribution in [1.82, 2.24) is 5.32 Å². The van der Waals surface area contributed by atoms with Gasteiger partial charge in [-0.2, -0.15) is 13.2 Å². The number of rotatable bonds is 5. The second kappa shape index (κ2) is 7.01. The first kappa shape index (κ1) is 17.6. The number of benzene rings is 1. The van der Waals surface area contributed by atoms with E-state index in [0.717, 1.165) is 0 Å². The van der Waals surface area contributed by atoms with Gasteiger partial charge in [0.25, 0.3) is 0 Å². The molecule has 1 aromatic rings. The molecule has 0 spiro atoms. The van der Waals surface area contributed by atoms with E-state index in [2.05, 4.69) is 4.74 Å². The molecule has 122 valence electrons. The van der Waals surface area contributed by atoms with Gasteiger partial charge in [0.15, 0.2) is 0 Å². The van der Waals surface area contributed by atoms with Crippen LogP contribution >= 0.6 is 0 Å². The number of methoxy groups -OCH3 is 2. The van der Waals surface area contributed by atoms with E-state index in [1.807, 2.05) is 0 Å². The first-order valence-corrected chi connectivity index (χ1v) is 6.10. The van der Waals surface area contributed by atoms with Crippen LogP contribution in [0.3, 0.4) is 0 Å². The largest absolute Gasteiger partial charge is 0.495 e. The summed E-state index contributed by atoms with van der Waals surface area (Å²) >= 11 is 0. The Morgan fingerprint density at radius 1 is 1.27 bits per heavy atom. The van der Waals surface area contributed by atoms with Crippen molar-refractivity contribution in [2.75, 3.05) is 26.5 Å². The number of nitrogens with one attached hydrogen (secondary N) is 1. The Labute approximate surface area is 124 Å². The van der Waals surface area contributed by atoms with Gasteiger partial charge in [-0.3, -0.25) is 4.79 Å². The first-order chi connectivity index (χ1) is 10.2. The molecule has 6 nitrogen and oxygen atoms in total. The molecule has 0 aromatic heterocycles. The van der Waals surface area contributed by atoms with Gasteiger partial charge < -0.3 is 20.5 Å². The molecule has 22 heavy (non-hydrogen) atoms. The molecule has 0 saturated carbocycles. The van der Waals surface area contributed by atoms with Gasteiger partial charge in [0.1, 0.15) is 5.75 Å². The van der Waals surface area contributed by atoms with Crippen molar-refractivity contribution in [3.05, 3.63) is 23.3 Å². The van der Waals surface area contributed by atoms with Crippen molar-refractivity contribution < 1.29 is 32.2 Å². The van der Waals surface area contributed by atoms with E-state index in [1.165, 1.54) is 26.4 Å². The van der Waals surface area contributed by atoms with Crippen molar-refractivity contribution >= 4 is 17.6 Å². The lowest BCUT2D eigenvalue weighted by Crippen LogP contribution is -2.37. The second-order valence-corrected chi connectivity index (χ2v) is 4.25. The molecule has 1 amide bonds. The maximum Gasteiger partial charge on any atom is 0.471 e. The molecule has 1 rings (SSSR count). The summed E-state index contributed by atoms with van der Waals surface area (Å²) in [6.07, 6.45) is -4.88. The lowest BCUT2D eigenvalue weighted by Gasteiger charge is -2.12. The number of anilines is 1. The number of esters is 1. The van der Waals surface area contributed by atoms with E-state index in [0.29, 0.717) is 5.56 Å². The molecule has 0 radical (unpaired) electrons. The predicted molar refractivity (Wildman–Crippen MR) is 71.5 cm³/mol. The molecule has 0 aliphatic heterocycles. The third-order valence-corrected chi connectivity index (χ3v) is 2.78. The van der Waals surface area contributed by atoms with Crippen LogP contribution in [-0.4, -0.2) is 38.8 Å². The van der Waals surface area contributed by atoms with Crippen LogP contribution < -0.4 is 15.8 Å². The molecule has 0 aliphatic rings. The monoisotopic (exact) mass is 320 g/mol. The Hall–Kier alpha value is -2.45. The van der Waals surface area contributed by atoms with Gasteiger partial charge in [0, 0.05) is 6.54 Å². The van der Waals surface area contributed by atoms with Gasteiger partial charge in [-0.1, -0.05) is 0 Å². The number of ether oxygens (including phenoxy) is 2. The highest BCUT2D eigenvalue weighted by Gasteiger charge is 2.38. The fourth-order valence-corrected chi connectivity index (χ4v) is 1.70. The fraction of sp³-hybridized carbons (Fsp3) is 0.385. The average Bonchev–Trinajstić information content (AvgIpc) is 2.46. The molecular formula is C13H15F3N2O4. The molecule has 9 heteroatoms. The van der Waals surface area contributed by atoms with Crippen molar-refractivity contribution in [2.45, 2.75) is 12.6 Å². The van der Waals surface area contributed by atoms with E-state index >= 15 is 0 Å². The number of carbonyl (C=O) groups is 2. The van der Waals surface area contributed by atoms with Crippen molar-refractivity contribution in [2.24, 2.45) is 0 Å². The topological polar surface area (TPSA) is 90.6 Å². The molecule has 0 heterocycles. The van der Waals surface area contributed by atoms with E-state index in [4.69, 9.17) is 10.5 Å². The minimum atomic E-state index is -4.93. The van der Waals surface area contributed by atoms with Crippen LogP contribution in [0.1, 0.15) is 15.9 Å². The van der Waals surface area contributed by atoms with Crippen LogP contribution in [0.25, 0.3) is 0 Å². The maximum atomic E-state index is 12.1. The smallest absolute Gasteiger partial charge is 0.471 e. The van der Waals surface area contributed by atoms with Crippen molar-refractivity contribution in [3.63, 3.8) is 0 Å². The van der Waals surface area contributed by atoms with Crippen LogP contribution in [0, 0.1) is 0 Å². The number of halogens is 3. The highest BCUT2D eigenvalue weighted by molar-refractivity contribution is 5.96. The molecular weight excluding hydrogens is 305 g/mol. The van der Waals surface area contributed by atoms with Gasteiger partial charge in [-0.05, 0) is 24.1 Å². The zero-order chi connectivity index (χ0) is 16.9. The molecule has 0 saturated heterocycles. The molecule has 3 N–H and O–H groups in total. The first-order valence-electron chi connectivity index (χ1n) is 6.10. The summed E-state index contributed by atoms with van der Waals surface area (Å²) in [5.74, 6) is -2.53. The normalized spacial score (nSPS) is 11.0. The Kier molecular flexibility index (Phi) is 5.61. The molecule has 0 unspecified atom stereocenters. The highest BCUT2D eigenvalue weighted by Crippen LogP contribution is 2.28. The highest BCUT2D eigenvalue weighted by atomic mass is 19.4. The Morgan fingerprint density at radius 2 is 1.91 bits per heavy atom. The zero-order valence-corrected chi connectivity index (χ0v) is 11.9. The number of hydrogen-bond acceptors (Lipinski definition) is 5. The Bertz CT molecular complexity index is 573. The number of carbonyl (C=O) groups excluding carboxylic acids is 2. The van der Waals surface area contributed by atoms with Gasteiger partial charge >= 0.3 is 18.1 Å². The number of hydrogen-bond donors (Lipinski definition) is 2. The van der Waals surface area contributed by atoms with Crippen molar-refractivity contribution in [1.29, 1.82) is 0 Å². The van der Waals surface area contributed by atoms with Crippen LogP contribution in [0.2, 0.25) is 0 Å². The standard InChI is InChI=1S/C13H15F3N2O4/c1-21-9-6-7(3-4-18-12(20)13(14,15)16)5-8(10(9)17)11(19)22-2/h5-6H,3-4,17H2,1-2H3,(H,18,20). The molecule has 0 aliphatic carbocycles. The van der Waals surface area contributed by atoms with Gasteiger partial charge in [0.05, 0.1) is 25.5 Å². The zero-order valence-electron chi connectivity index (χ0n) is 11.9. The van der Waals surface area contributed by atoms with Gasteiger partial charge in [-0.15, -0.1) is 0 Å². The van der Waals surface area contributed by atoms with Gasteiger partial charge in [-0.25, -0.2) is 4.79 Å². The quantitative estimate of drug-likeness (QED) is 0.630. The number of amides is 1. The number of alkyl halides is 3. The summed E-state index contributed by atoms with van der Waals surface area (Å²) in [6.45, 7) is -0.258. The molecule has 1 aromatic carbocycles. The summed E-state index contributed by atoms with van der Waals surface area (Å²) in [6, 6.07) is 2.85. The number of nitrogen functional groups attached to an aromatic ring is 1. The lowest BCUT2D eigenvalue weighted by molar-refractivity contribution is -0.173. The van der Waals surface area contributed by atoms with E-state index in [9.17, 15) is 22.8 Å². The summed E-state index contributed by atoms with van der Waals surface area (Å²) in [5.41, 5.74) is 6.30. The second-order valence-electron chi connectivity index (χ2n) is 4.25. The Morgan fingerprint density at radius 3 is 2.41 bits per heavy atom. The summed E-state index contributed by atoms with van der Waals surface area (Å²) in [5, 5.41) is 1.73. The minimum absolute atomic E-state index is 0.0407. The lowest BCUT2D eigenvalue weighted by atomic mass is 10.0. The third-order valence-electron chi connectivity index (χ3n) is 2.78. The minimum Gasteiger partial charge on any atom is -0.495 e. The third kappa shape index (κ3) is 4.27. The van der Waals surface area contributed by atoms with Crippen LogP contribution in [0.4, 0.5) is 18.9 Å². The molecule has 0 atom stereocenters. The van der Waals surface area contributed by atoms with Crippen molar-refractivity contribution in [3.8, 4) is 5.75 Å². The molecule has 0 fully saturated rings. The van der Waals surface area contributed by atoms with Crippen LogP contribution in [0.15, 0.2) is 12.1 Å². The SMILES string of the molecule is COC(=O)c1cc(CCNC(=O)C(F)(F)F)cc(OC)c1N. The van der Waals surface area contributed by atoms with E-state index in [-0.39, 0.29) is 30.0 Å². The molecule has 0 bridgehead atoms. The predicted octanol–water partition coefficient (Wildman–Crippen LogP) is 1.28. The summed E-state index contributed by atoms with van der Waals surface area (Å²) in [7, 11) is 2.51. The maximum absolute atomic E-state index is 12.1. The number of nitrogens with two attached hydrogens (primary N) is 1. The average molecular weight is 320 g/mol. The summed E-state index contributed by atoms with van der Waals surface area (Å²) in [4.78, 5) is 22.3. The fourth-order valence-electron chi connectivity index (χ4n) is 1.70. The van der Waals surface area contributed by atoms with E-state index in [1.54, 1.807) is 5.32 Å². The van der Waals surface area contributed by atoms with E-state index < -0.39 is 18.1 Å². The summed E-state index contributed by atoms with van der Waals surface area (Å²) < 4.78 is 45.7. The van der Waals surface area contributed by atoms with Gasteiger partial charge in [0.2, 0.25) is 0 Å².